The summed E-state index contributed by atoms with van der Waals surface area (Å²) in [6, 6.07) is 0. The number of unbranched alkanes of at least 4 members (excludes halogenated alkanes) is 21. The predicted molar refractivity (Wildman–Crippen MR) is 199 cm³/mol. The lowest BCUT2D eigenvalue weighted by Crippen LogP contribution is -2.18. The quantitative estimate of drug-likeness (QED) is 0.0419. The van der Waals surface area contributed by atoms with Crippen molar-refractivity contribution < 1.29 is 19.4 Å². The van der Waals surface area contributed by atoms with Crippen molar-refractivity contribution in [2.75, 3.05) is 0 Å². The fraction of sp³-hybridized carbons (Fsp3) is 0.810. The minimum atomic E-state index is -0.668. The zero-order valence-corrected chi connectivity index (χ0v) is 30.6. The van der Waals surface area contributed by atoms with Crippen molar-refractivity contribution in [3.05, 3.63) is 36.5 Å². The number of rotatable bonds is 36. The lowest BCUT2D eigenvalue weighted by molar-refractivity contribution is -0.150. The summed E-state index contributed by atoms with van der Waals surface area (Å²) >= 11 is 0. The standard InChI is InChI=1S/C42H76O4/c1-3-5-7-8-9-10-11-12-13-14-15-19-22-25-28-31-35-39-42(45)46-40(36-32-6-4-2)37-33-29-26-23-20-17-16-18-21-24-27-30-34-38-41(43)44/h5,7,9-10,12-13,40H,3-4,6,8,11,14-39H2,1-2H3,(H,43,44)/b7-5-,10-9-,13-12-. The van der Waals surface area contributed by atoms with Gasteiger partial charge in [-0.15, -0.1) is 0 Å². The molecule has 0 fully saturated rings. The fourth-order valence-electron chi connectivity index (χ4n) is 5.96. The van der Waals surface area contributed by atoms with E-state index in [1.807, 2.05) is 0 Å². The predicted octanol–water partition coefficient (Wildman–Crippen LogP) is 13.8. The number of carbonyl (C=O) groups is 2. The number of aliphatic carboxylic acids is 1. The van der Waals surface area contributed by atoms with Crippen LogP contribution in [0.4, 0.5) is 0 Å². The molecule has 4 heteroatoms. The molecule has 0 aliphatic heterocycles. The first kappa shape index (κ1) is 44.2. The van der Waals surface area contributed by atoms with Gasteiger partial charge in [-0.25, -0.2) is 0 Å². The van der Waals surface area contributed by atoms with E-state index in [0.717, 1.165) is 57.8 Å². The maximum Gasteiger partial charge on any atom is 0.306 e. The summed E-state index contributed by atoms with van der Waals surface area (Å²) < 4.78 is 5.97. The van der Waals surface area contributed by atoms with Gasteiger partial charge in [-0.1, -0.05) is 166 Å². The molecular weight excluding hydrogens is 568 g/mol. The Morgan fingerprint density at radius 3 is 1.41 bits per heavy atom. The van der Waals surface area contributed by atoms with Gasteiger partial charge in [-0.2, -0.15) is 0 Å². The number of carboxylic acids is 1. The lowest BCUT2D eigenvalue weighted by atomic mass is 10.0. The Balaban J connectivity index is 3.73. The van der Waals surface area contributed by atoms with E-state index < -0.39 is 5.97 Å². The average Bonchev–Trinajstić information content (AvgIpc) is 3.04. The molecule has 0 aromatic carbocycles. The summed E-state index contributed by atoms with van der Waals surface area (Å²) in [7, 11) is 0. The summed E-state index contributed by atoms with van der Waals surface area (Å²) in [6.45, 7) is 4.40. The Labute approximate surface area is 286 Å². The molecule has 0 heterocycles. The third-order valence-electron chi connectivity index (χ3n) is 8.88. The zero-order chi connectivity index (χ0) is 33.6. The summed E-state index contributed by atoms with van der Waals surface area (Å²) in [5.41, 5.74) is 0. The lowest BCUT2D eigenvalue weighted by Gasteiger charge is -2.18. The fourth-order valence-corrected chi connectivity index (χ4v) is 5.96. The van der Waals surface area contributed by atoms with E-state index in [4.69, 9.17) is 9.84 Å². The molecule has 0 saturated carbocycles. The van der Waals surface area contributed by atoms with E-state index >= 15 is 0 Å². The second kappa shape index (κ2) is 37.6. The highest BCUT2D eigenvalue weighted by Crippen LogP contribution is 2.18. The van der Waals surface area contributed by atoms with Crippen LogP contribution in [0.3, 0.4) is 0 Å². The number of esters is 1. The second-order valence-electron chi connectivity index (χ2n) is 13.4. The van der Waals surface area contributed by atoms with Gasteiger partial charge in [0, 0.05) is 12.8 Å². The van der Waals surface area contributed by atoms with Crippen molar-refractivity contribution in [2.24, 2.45) is 0 Å². The van der Waals surface area contributed by atoms with Gasteiger partial charge >= 0.3 is 11.9 Å². The molecular formula is C42H76O4. The van der Waals surface area contributed by atoms with Gasteiger partial charge in [-0.3, -0.25) is 9.59 Å². The number of hydrogen-bond donors (Lipinski definition) is 1. The maximum atomic E-state index is 12.6. The number of carbonyl (C=O) groups excluding carboxylic acids is 1. The first-order chi connectivity index (χ1) is 22.6. The van der Waals surface area contributed by atoms with Crippen LogP contribution in [0.5, 0.6) is 0 Å². The molecule has 0 aromatic rings. The van der Waals surface area contributed by atoms with Gasteiger partial charge in [0.05, 0.1) is 0 Å². The summed E-state index contributed by atoms with van der Waals surface area (Å²) in [5.74, 6) is -0.640. The highest BCUT2D eigenvalue weighted by Gasteiger charge is 2.14. The first-order valence-corrected chi connectivity index (χ1v) is 20.0. The van der Waals surface area contributed by atoms with Crippen molar-refractivity contribution in [1.29, 1.82) is 0 Å². The Hall–Kier alpha value is -1.84. The Morgan fingerprint density at radius 1 is 0.500 bits per heavy atom. The van der Waals surface area contributed by atoms with E-state index in [9.17, 15) is 9.59 Å². The number of carboxylic acid groups (broad SMARTS) is 1. The van der Waals surface area contributed by atoms with Gasteiger partial charge < -0.3 is 9.84 Å². The molecule has 0 rings (SSSR count). The van der Waals surface area contributed by atoms with Crippen LogP contribution in [-0.4, -0.2) is 23.1 Å². The van der Waals surface area contributed by atoms with E-state index in [2.05, 4.69) is 50.3 Å². The van der Waals surface area contributed by atoms with Crippen molar-refractivity contribution in [3.63, 3.8) is 0 Å². The van der Waals surface area contributed by atoms with E-state index in [1.54, 1.807) is 0 Å². The summed E-state index contributed by atoms with van der Waals surface area (Å²) in [6.07, 6.45) is 49.2. The minimum absolute atomic E-state index is 0.0285. The topological polar surface area (TPSA) is 63.6 Å². The Kier molecular flexibility index (Phi) is 36.1. The highest BCUT2D eigenvalue weighted by atomic mass is 16.5. The molecule has 0 saturated heterocycles. The van der Waals surface area contributed by atoms with Crippen LogP contribution in [-0.2, 0) is 14.3 Å². The molecule has 1 atom stereocenters. The number of hydrogen-bond acceptors (Lipinski definition) is 3. The highest BCUT2D eigenvalue weighted by molar-refractivity contribution is 5.69. The average molecular weight is 645 g/mol. The third kappa shape index (κ3) is 36.6. The van der Waals surface area contributed by atoms with Gasteiger partial charge in [-0.05, 0) is 70.6 Å². The van der Waals surface area contributed by atoms with Gasteiger partial charge in [0.1, 0.15) is 6.10 Å². The maximum absolute atomic E-state index is 12.6. The molecule has 0 aromatic heterocycles. The normalized spacial score (nSPS) is 12.6. The van der Waals surface area contributed by atoms with Gasteiger partial charge in [0.2, 0.25) is 0 Å². The largest absolute Gasteiger partial charge is 0.481 e. The Morgan fingerprint density at radius 2 is 0.913 bits per heavy atom. The van der Waals surface area contributed by atoms with Crippen LogP contribution in [0.2, 0.25) is 0 Å². The monoisotopic (exact) mass is 645 g/mol. The van der Waals surface area contributed by atoms with Crippen molar-refractivity contribution in [3.8, 4) is 0 Å². The molecule has 268 valence electrons. The molecule has 0 aliphatic carbocycles. The molecule has 4 nitrogen and oxygen atoms in total. The van der Waals surface area contributed by atoms with E-state index in [1.165, 1.54) is 128 Å². The van der Waals surface area contributed by atoms with Crippen LogP contribution in [0, 0.1) is 0 Å². The van der Waals surface area contributed by atoms with Crippen molar-refractivity contribution in [1.82, 2.24) is 0 Å². The van der Waals surface area contributed by atoms with Crippen LogP contribution >= 0.6 is 0 Å². The molecule has 46 heavy (non-hydrogen) atoms. The van der Waals surface area contributed by atoms with Gasteiger partial charge in [0.25, 0.3) is 0 Å². The molecule has 0 bridgehead atoms. The van der Waals surface area contributed by atoms with E-state index in [0.29, 0.717) is 12.8 Å². The minimum Gasteiger partial charge on any atom is -0.481 e. The molecule has 0 aliphatic rings. The van der Waals surface area contributed by atoms with Crippen LogP contribution in [0.1, 0.15) is 213 Å². The van der Waals surface area contributed by atoms with Gasteiger partial charge in [0.15, 0.2) is 0 Å². The van der Waals surface area contributed by atoms with Crippen LogP contribution in [0.15, 0.2) is 36.5 Å². The summed E-state index contributed by atoms with van der Waals surface area (Å²) in [4.78, 5) is 23.1. The van der Waals surface area contributed by atoms with Crippen LogP contribution < -0.4 is 0 Å². The van der Waals surface area contributed by atoms with E-state index in [-0.39, 0.29) is 12.1 Å². The number of allylic oxidation sites excluding steroid dienone is 6. The molecule has 0 spiro atoms. The SMILES string of the molecule is CC/C=C\C/C=C\C/C=C\CCCCCCCCCC(=O)OC(CCCCC)CCCCCCCCCCCCCCCC(=O)O. The third-order valence-corrected chi connectivity index (χ3v) is 8.88. The summed E-state index contributed by atoms with van der Waals surface area (Å²) in [5, 5.41) is 8.68. The first-order valence-electron chi connectivity index (χ1n) is 20.0. The van der Waals surface area contributed by atoms with Crippen molar-refractivity contribution >= 4 is 11.9 Å². The Bertz CT molecular complexity index is 738. The van der Waals surface area contributed by atoms with Crippen molar-refractivity contribution in [2.45, 2.75) is 219 Å². The molecule has 0 radical (unpaired) electrons. The molecule has 1 unspecified atom stereocenters. The zero-order valence-electron chi connectivity index (χ0n) is 30.6. The molecule has 1 N–H and O–H groups in total. The molecule has 0 amide bonds. The smallest absolute Gasteiger partial charge is 0.306 e. The van der Waals surface area contributed by atoms with Crippen LogP contribution in [0.25, 0.3) is 0 Å². The second-order valence-corrected chi connectivity index (χ2v) is 13.4. The number of ether oxygens (including phenoxy) is 1.